The van der Waals surface area contributed by atoms with Crippen LogP contribution in [-0.2, 0) is 0 Å². The van der Waals surface area contributed by atoms with Gasteiger partial charge in [0, 0.05) is 6.08 Å². The summed E-state index contributed by atoms with van der Waals surface area (Å²) in [6.07, 6.45) is 12.5. The summed E-state index contributed by atoms with van der Waals surface area (Å²) in [4.78, 5) is 0. The molecule has 2 rings (SSSR count). The number of hydrogen-bond acceptors (Lipinski definition) is 2. The number of rotatable bonds is 1. The van der Waals surface area contributed by atoms with Crippen molar-refractivity contribution in [2.75, 3.05) is 13.3 Å². The Labute approximate surface area is 82.7 Å². The lowest BCUT2D eigenvalue weighted by Crippen LogP contribution is -2.25. The first-order valence-electron chi connectivity index (χ1n) is 4.27. The Morgan fingerprint density at radius 1 is 1.38 bits per heavy atom. The van der Waals surface area contributed by atoms with Crippen molar-refractivity contribution >= 4 is 17.5 Å². The molecule has 3 heteroatoms. The summed E-state index contributed by atoms with van der Waals surface area (Å²) >= 11 is 1.81. The lowest BCUT2D eigenvalue weighted by molar-refractivity contribution is -0.506. The molecule has 0 radical (unpaired) electrons. The molecule has 1 heterocycles. The zero-order valence-corrected chi connectivity index (χ0v) is 8.64. The molecule has 1 aliphatic carbocycles. The zero-order chi connectivity index (χ0) is 9.26. The number of nitrogens with zero attached hydrogens (tertiary/aromatic N) is 1. The largest absolute Gasteiger partial charge is 0.313 e. The second kappa shape index (κ2) is 3.42. The van der Waals surface area contributed by atoms with Crippen molar-refractivity contribution in [2.45, 2.75) is 5.50 Å². The third-order valence-corrected chi connectivity index (χ3v) is 3.13. The Morgan fingerprint density at radius 3 is 3.00 bits per heavy atom. The van der Waals surface area contributed by atoms with Crippen LogP contribution in [0.3, 0.4) is 0 Å². The molecule has 1 atom stereocenters. The third-order valence-electron chi connectivity index (χ3n) is 2.25. The van der Waals surface area contributed by atoms with Crippen LogP contribution in [0.5, 0.6) is 0 Å². The number of hydrogen-bond donors (Lipinski definition) is 1. The van der Waals surface area contributed by atoms with Gasteiger partial charge in [-0.15, -0.1) is 0 Å². The van der Waals surface area contributed by atoms with Gasteiger partial charge in [0.25, 0.3) is 5.50 Å². The molecule has 0 aromatic rings. The SMILES string of the molecule is CSC1NC2=CC=CC=CC2=[N+]1C. The van der Waals surface area contributed by atoms with Crippen molar-refractivity contribution in [3.05, 3.63) is 36.1 Å². The van der Waals surface area contributed by atoms with Crippen molar-refractivity contribution in [1.82, 2.24) is 5.32 Å². The molecule has 0 amide bonds. The van der Waals surface area contributed by atoms with Gasteiger partial charge < -0.3 is 5.32 Å². The van der Waals surface area contributed by atoms with Gasteiger partial charge in [-0.25, -0.2) is 0 Å². The average Bonchev–Trinajstić information content (AvgIpc) is 2.37. The van der Waals surface area contributed by atoms with Crippen LogP contribution in [0.15, 0.2) is 36.1 Å². The fourth-order valence-electron chi connectivity index (χ4n) is 1.54. The van der Waals surface area contributed by atoms with E-state index in [1.165, 1.54) is 11.4 Å². The summed E-state index contributed by atoms with van der Waals surface area (Å²) in [6.45, 7) is 0. The summed E-state index contributed by atoms with van der Waals surface area (Å²) < 4.78 is 2.25. The minimum Gasteiger partial charge on any atom is -0.313 e. The lowest BCUT2D eigenvalue weighted by Gasteiger charge is -2.02. The molecule has 2 nitrogen and oxygen atoms in total. The fourth-order valence-corrected chi connectivity index (χ4v) is 2.22. The van der Waals surface area contributed by atoms with Crippen LogP contribution >= 0.6 is 11.8 Å². The average molecular weight is 193 g/mol. The second-order valence-electron chi connectivity index (χ2n) is 3.05. The van der Waals surface area contributed by atoms with Gasteiger partial charge in [-0.3, -0.25) is 0 Å². The van der Waals surface area contributed by atoms with Crippen LogP contribution in [0, 0.1) is 0 Å². The van der Waals surface area contributed by atoms with Crippen LogP contribution in [-0.4, -0.2) is 29.1 Å². The summed E-state index contributed by atoms with van der Waals surface area (Å²) in [5, 5.41) is 3.44. The molecule has 13 heavy (non-hydrogen) atoms. The standard InChI is InChI=1S/C10H12N2S/c1-12-9-7-5-3-4-6-8(9)11-10(12)13-2/h3-7,10H,1-2H3/p+1. The molecular formula is C10H13N2S+. The molecular weight excluding hydrogens is 180 g/mol. The summed E-state index contributed by atoms with van der Waals surface area (Å²) in [5.74, 6) is 0. The molecule has 0 spiro atoms. The Morgan fingerprint density at radius 2 is 2.23 bits per heavy atom. The van der Waals surface area contributed by atoms with Gasteiger partial charge in [-0.1, -0.05) is 30.0 Å². The molecule has 0 fully saturated rings. The molecule has 1 unspecified atom stereocenters. The Kier molecular flexibility index (Phi) is 2.27. The highest BCUT2D eigenvalue weighted by Gasteiger charge is 2.31. The van der Waals surface area contributed by atoms with Crippen LogP contribution < -0.4 is 5.32 Å². The Bertz CT molecular complexity index is 337. The highest BCUT2D eigenvalue weighted by Crippen LogP contribution is 2.16. The second-order valence-corrected chi connectivity index (χ2v) is 3.97. The van der Waals surface area contributed by atoms with E-state index in [4.69, 9.17) is 0 Å². The maximum Gasteiger partial charge on any atom is 0.275 e. The molecule has 68 valence electrons. The highest BCUT2D eigenvalue weighted by molar-refractivity contribution is 7.99. The summed E-state index contributed by atoms with van der Waals surface area (Å²) in [6, 6.07) is 0. The number of fused-ring (bicyclic) bond motifs is 1. The normalized spacial score (nSPS) is 25.4. The summed E-state index contributed by atoms with van der Waals surface area (Å²) in [7, 11) is 2.11. The number of thioether (sulfide) groups is 1. The predicted octanol–water partition coefficient (Wildman–Crippen LogP) is 1.33. The van der Waals surface area contributed by atoms with E-state index in [0.29, 0.717) is 5.50 Å². The minimum atomic E-state index is 0.373. The van der Waals surface area contributed by atoms with Crippen LogP contribution in [0.2, 0.25) is 0 Å². The van der Waals surface area contributed by atoms with Gasteiger partial charge in [-0.05, 0) is 12.3 Å². The van der Waals surface area contributed by atoms with Crippen molar-refractivity contribution in [3.63, 3.8) is 0 Å². The first-order chi connectivity index (χ1) is 6.33. The monoisotopic (exact) mass is 193 g/mol. The van der Waals surface area contributed by atoms with E-state index in [1.54, 1.807) is 0 Å². The van der Waals surface area contributed by atoms with Crippen LogP contribution in [0.4, 0.5) is 0 Å². The molecule has 1 N–H and O–H groups in total. The minimum absolute atomic E-state index is 0.373. The zero-order valence-electron chi connectivity index (χ0n) is 7.82. The number of allylic oxidation sites excluding steroid dienone is 5. The molecule has 0 aromatic carbocycles. The van der Waals surface area contributed by atoms with Gasteiger partial charge in [0.05, 0.1) is 0 Å². The van der Waals surface area contributed by atoms with Crippen LogP contribution in [0.1, 0.15) is 0 Å². The highest BCUT2D eigenvalue weighted by atomic mass is 32.2. The maximum absolute atomic E-state index is 3.44. The van der Waals surface area contributed by atoms with E-state index in [-0.39, 0.29) is 0 Å². The lowest BCUT2D eigenvalue weighted by atomic mass is 10.2. The van der Waals surface area contributed by atoms with Crippen molar-refractivity contribution in [1.29, 1.82) is 0 Å². The molecule has 1 aliphatic heterocycles. The van der Waals surface area contributed by atoms with Crippen molar-refractivity contribution in [2.24, 2.45) is 0 Å². The summed E-state index contributed by atoms with van der Waals surface area (Å²) in [5.41, 5.74) is 2.86. The first-order valence-corrected chi connectivity index (χ1v) is 5.56. The Balaban J connectivity index is 2.40. The predicted molar refractivity (Wildman–Crippen MR) is 58.0 cm³/mol. The molecule has 0 bridgehead atoms. The van der Waals surface area contributed by atoms with Crippen LogP contribution in [0.25, 0.3) is 0 Å². The third kappa shape index (κ3) is 1.44. The fraction of sp³-hybridized carbons (Fsp3) is 0.300. The Hall–Kier alpha value is -0.960. The molecule has 2 aliphatic rings. The van der Waals surface area contributed by atoms with Gasteiger partial charge in [-0.2, -0.15) is 4.58 Å². The van der Waals surface area contributed by atoms with Crippen molar-refractivity contribution < 1.29 is 4.58 Å². The molecule has 0 saturated carbocycles. The van der Waals surface area contributed by atoms with E-state index < -0.39 is 0 Å². The number of nitrogens with one attached hydrogen (secondary N) is 1. The van der Waals surface area contributed by atoms with Crippen molar-refractivity contribution in [3.8, 4) is 0 Å². The van der Waals surface area contributed by atoms with E-state index in [9.17, 15) is 0 Å². The first kappa shape index (κ1) is 8.63. The van der Waals surface area contributed by atoms with Gasteiger partial charge in [0.1, 0.15) is 12.7 Å². The quantitative estimate of drug-likeness (QED) is 0.632. The molecule has 0 saturated heterocycles. The van der Waals surface area contributed by atoms with E-state index in [1.807, 2.05) is 17.8 Å². The van der Waals surface area contributed by atoms with Gasteiger partial charge in [0.15, 0.2) is 0 Å². The topological polar surface area (TPSA) is 15.0 Å². The van der Waals surface area contributed by atoms with Gasteiger partial charge in [0.2, 0.25) is 5.71 Å². The smallest absolute Gasteiger partial charge is 0.275 e. The van der Waals surface area contributed by atoms with E-state index >= 15 is 0 Å². The van der Waals surface area contributed by atoms with E-state index in [2.05, 4.69) is 47.5 Å². The van der Waals surface area contributed by atoms with Gasteiger partial charge >= 0.3 is 0 Å². The maximum atomic E-state index is 3.44. The molecule has 0 aromatic heterocycles. The van der Waals surface area contributed by atoms with E-state index in [0.717, 1.165) is 0 Å².